The molecule has 0 aliphatic rings. The summed E-state index contributed by atoms with van der Waals surface area (Å²) in [7, 11) is 0. The maximum atomic E-state index is 5.09. The third kappa shape index (κ3) is 26.5. The van der Waals surface area contributed by atoms with Crippen LogP contribution in [0.5, 0.6) is 0 Å². The van der Waals surface area contributed by atoms with Gasteiger partial charge in [0.25, 0.3) is 0 Å². The Balaban J connectivity index is 0. The molecule has 0 aliphatic carbocycles. The molecule has 0 aliphatic heterocycles. The van der Waals surface area contributed by atoms with Gasteiger partial charge in [-0.25, -0.2) is 0 Å². The number of halogens is 2. The van der Waals surface area contributed by atoms with Crippen LogP contribution in [0.25, 0.3) is 0 Å². The molecule has 0 aromatic heterocycles. The van der Waals surface area contributed by atoms with E-state index < -0.39 is 0 Å². The first-order chi connectivity index (χ1) is 4.33. The van der Waals surface area contributed by atoms with Gasteiger partial charge >= 0.3 is 16.0 Å². The molecule has 3 heteroatoms. The standard InChI is InChI=1S/C6H11.2BrH.Mg/c1-3-5-6-4-2;;;/h1,3H,4-6H2,2H3;2*1H;/q;;;+2/p-2. The third-order valence-corrected chi connectivity index (χ3v) is 0.724. The van der Waals surface area contributed by atoms with Gasteiger partial charge in [-0.1, -0.05) is 32.4 Å². The summed E-state index contributed by atoms with van der Waals surface area (Å²) in [6, 6.07) is 0. The van der Waals surface area contributed by atoms with Crippen molar-refractivity contribution >= 4 is 41.8 Å². The van der Waals surface area contributed by atoms with Crippen molar-refractivity contribution in [2.75, 3.05) is 0 Å². The average Bonchev–Trinajstić information content (AvgIpc) is 1.86. The Hall–Kier alpha value is 1.47. The Morgan fingerprint density at radius 1 is 1.56 bits per heavy atom. The lowest BCUT2D eigenvalue weighted by atomic mass is 10.3. The van der Waals surface area contributed by atoms with Crippen molar-refractivity contribution in [3.05, 3.63) is 12.7 Å². The SMILES string of the molecule is [Br][Mg][Br].[CH]=CCCCC. The predicted octanol–water partition coefficient (Wildman–Crippen LogP) is 3.48. The first-order valence-electron chi connectivity index (χ1n) is 2.98. The molecule has 0 unspecified atom stereocenters. The quantitative estimate of drug-likeness (QED) is 0.542. The molecule has 9 heavy (non-hydrogen) atoms. The molecule has 1 radical (unpaired) electrons. The van der Waals surface area contributed by atoms with Crippen LogP contribution < -0.4 is 0 Å². The monoisotopic (exact) mass is 265 g/mol. The van der Waals surface area contributed by atoms with Crippen LogP contribution in [0.4, 0.5) is 0 Å². The Morgan fingerprint density at radius 2 is 2.00 bits per heavy atom. The second kappa shape index (κ2) is 16.2. The number of unbranched alkanes of at least 4 members (excludes halogenated alkanes) is 2. The molecule has 0 atom stereocenters. The van der Waals surface area contributed by atoms with E-state index in [1.807, 2.05) is 0 Å². The van der Waals surface area contributed by atoms with Crippen LogP contribution in [0, 0.1) is 6.58 Å². The topological polar surface area (TPSA) is 0 Å². The fraction of sp³-hybridized carbons (Fsp3) is 0.667. The molecule has 0 N–H and O–H groups in total. The summed E-state index contributed by atoms with van der Waals surface area (Å²) in [6.07, 6.45) is 5.25. The molecule has 0 aromatic carbocycles. The summed E-state index contributed by atoms with van der Waals surface area (Å²) >= 11 is 6.44. The normalized spacial score (nSPS) is 6.56. The van der Waals surface area contributed by atoms with Crippen molar-refractivity contribution in [1.82, 2.24) is 0 Å². The van der Waals surface area contributed by atoms with Crippen LogP contribution in [0.1, 0.15) is 26.2 Å². The minimum absolute atomic E-state index is 0.0417. The van der Waals surface area contributed by atoms with Crippen LogP contribution >= 0.6 is 25.8 Å². The molecule has 51 valence electrons. The predicted molar refractivity (Wildman–Crippen MR) is 52.0 cm³/mol. The molecule has 0 heterocycles. The molecular weight excluding hydrogens is 256 g/mol. The van der Waals surface area contributed by atoms with Crippen LogP contribution in [-0.4, -0.2) is 16.0 Å². The molecule has 0 fully saturated rings. The lowest BCUT2D eigenvalue weighted by Crippen LogP contribution is -1.62. The lowest BCUT2D eigenvalue weighted by Gasteiger charge is -1.81. The Kier molecular flexibility index (Phi) is 23.6. The highest BCUT2D eigenvalue weighted by atomic mass is 79.9. The highest BCUT2D eigenvalue weighted by Crippen LogP contribution is 1.91. The van der Waals surface area contributed by atoms with Crippen LogP contribution in [0.2, 0.25) is 0 Å². The van der Waals surface area contributed by atoms with E-state index >= 15 is 0 Å². The highest BCUT2D eigenvalue weighted by Gasteiger charge is 1.71. The largest absolute Gasteiger partial charge is 0.560 e. The molecule has 0 amide bonds. The third-order valence-electron chi connectivity index (χ3n) is 0.724. The van der Waals surface area contributed by atoms with E-state index in [9.17, 15) is 0 Å². The lowest BCUT2D eigenvalue weighted by molar-refractivity contribution is 0.815. The molecule has 0 bridgehead atoms. The second-order valence-electron chi connectivity index (χ2n) is 1.48. The zero-order valence-corrected chi connectivity index (χ0v) is 10.3. The van der Waals surface area contributed by atoms with Crippen molar-refractivity contribution in [1.29, 1.82) is 0 Å². The zero-order valence-electron chi connectivity index (χ0n) is 5.74. The molecule has 0 rings (SSSR count). The first-order valence-corrected chi connectivity index (χ1v) is 10.8. The van der Waals surface area contributed by atoms with Crippen LogP contribution in [-0.2, 0) is 0 Å². The average molecular weight is 267 g/mol. The Bertz CT molecular complexity index is 48.3. The van der Waals surface area contributed by atoms with Crippen molar-refractivity contribution in [2.45, 2.75) is 26.2 Å². The maximum Gasteiger partial charge on any atom is 0.560 e. The maximum absolute atomic E-state index is 5.09. The molecule has 0 saturated heterocycles. The second-order valence-corrected chi connectivity index (χ2v) is 9.56. The van der Waals surface area contributed by atoms with Gasteiger partial charge in [0, 0.05) is 0 Å². The van der Waals surface area contributed by atoms with Crippen LogP contribution in [0.15, 0.2) is 6.08 Å². The minimum atomic E-state index is 0.0417. The number of hydrogen-bond acceptors (Lipinski definition) is 0. The molecule has 0 aromatic rings. The summed E-state index contributed by atoms with van der Waals surface area (Å²) in [4.78, 5) is 0. The van der Waals surface area contributed by atoms with Gasteiger partial charge in [0.05, 0.1) is 0 Å². The summed E-state index contributed by atoms with van der Waals surface area (Å²) in [5.41, 5.74) is 0. The molecule has 0 nitrogen and oxygen atoms in total. The van der Waals surface area contributed by atoms with Crippen molar-refractivity contribution < 1.29 is 0 Å². The summed E-state index contributed by atoms with van der Waals surface area (Å²) < 4.78 is 0. The fourth-order valence-corrected chi connectivity index (χ4v) is 0.322. The van der Waals surface area contributed by atoms with E-state index in [2.05, 4.69) is 32.7 Å². The van der Waals surface area contributed by atoms with Gasteiger partial charge in [-0.15, -0.1) is 0 Å². The molecule has 0 saturated carbocycles. The Labute approximate surface area is 79.9 Å². The van der Waals surface area contributed by atoms with Gasteiger partial charge in [-0.05, 0) is 6.42 Å². The zero-order chi connectivity index (χ0) is 7.54. The Morgan fingerprint density at radius 3 is 2.11 bits per heavy atom. The van der Waals surface area contributed by atoms with E-state index in [0.29, 0.717) is 0 Å². The first kappa shape index (κ1) is 13.1. The van der Waals surface area contributed by atoms with Gasteiger partial charge in [-0.2, -0.15) is 0 Å². The van der Waals surface area contributed by atoms with Crippen molar-refractivity contribution in [3.8, 4) is 0 Å². The van der Waals surface area contributed by atoms with E-state index in [0.717, 1.165) is 6.42 Å². The highest BCUT2D eigenvalue weighted by molar-refractivity contribution is 9.47. The number of rotatable bonds is 3. The summed E-state index contributed by atoms with van der Waals surface area (Å²) in [6.45, 7) is 7.25. The van der Waals surface area contributed by atoms with Crippen LogP contribution in [0.3, 0.4) is 0 Å². The number of hydrogen-bond donors (Lipinski definition) is 0. The minimum Gasteiger partial charge on any atom is -0.280 e. The summed E-state index contributed by atoms with van der Waals surface area (Å²) in [5, 5.41) is 0. The summed E-state index contributed by atoms with van der Waals surface area (Å²) in [5.74, 6) is 0. The smallest absolute Gasteiger partial charge is 0.280 e. The molecular formula is C6H11Br2Mg. The number of allylic oxidation sites excluding steroid dienone is 1. The molecule has 0 spiro atoms. The van der Waals surface area contributed by atoms with Crippen molar-refractivity contribution in [3.63, 3.8) is 0 Å². The van der Waals surface area contributed by atoms with Crippen molar-refractivity contribution in [2.24, 2.45) is 0 Å². The van der Waals surface area contributed by atoms with E-state index in [1.165, 1.54) is 12.8 Å². The van der Waals surface area contributed by atoms with Gasteiger partial charge in [0.15, 0.2) is 0 Å². The van der Waals surface area contributed by atoms with E-state index in [1.54, 1.807) is 6.08 Å². The fourth-order valence-electron chi connectivity index (χ4n) is 0.322. The van der Waals surface area contributed by atoms with Gasteiger partial charge < -0.3 is 0 Å². The van der Waals surface area contributed by atoms with E-state index in [4.69, 9.17) is 6.58 Å². The van der Waals surface area contributed by atoms with Gasteiger partial charge in [0.1, 0.15) is 0 Å². The van der Waals surface area contributed by atoms with Gasteiger partial charge in [0.2, 0.25) is 0 Å². The van der Waals surface area contributed by atoms with E-state index in [-0.39, 0.29) is 16.0 Å². The van der Waals surface area contributed by atoms with Gasteiger partial charge in [-0.3, -0.25) is 25.8 Å².